The van der Waals surface area contributed by atoms with E-state index in [1.165, 1.54) is 0 Å². The Kier molecular flexibility index (Phi) is 3.42. The number of benzene rings is 1. The minimum absolute atomic E-state index is 0.214. The third-order valence-electron chi connectivity index (χ3n) is 1.75. The van der Waals surface area contributed by atoms with Gasteiger partial charge < -0.3 is 0 Å². The van der Waals surface area contributed by atoms with E-state index in [4.69, 9.17) is 9.05 Å². The molecule has 0 radical (unpaired) electrons. The SMILES string of the molecule is O=P1([Se]c2ccccc2)OCCCO1. The Morgan fingerprint density at radius 1 is 1.14 bits per heavy atom. The molecule has 1 aliphatic heterocycles. The molecule has 1 aromatic rings. The second-order valence-corrected chi connectivity index (χ2v) is 9.42. The van der Waals surface area contributed by atoms with Crippen LogP contribution in [0.1, 0.15) is 6.42 Å². The Morgan fingerprint density at radius 3 is 2.43 bits per heavy atom. The maximum atomic E-state index is 12.0. The molecule has 0 aromatic heterocycles. The molecule has 1 aliphatic rings. The van der Waals surface area contributed by atoms with E-state index in [-0.39, 0.29) is 14.5 Å². The van der Waals surface area contributed by atoms with Crippen molar-refractivity contribution in [3.63, 3.8) is 0 Å². The zero-order valence-electron chi connectivity index (χ0n) is 7.59. The van der Waals surface area contributed by atoms with Crippen molar-refractivity contribution in [3.8, 4) is 0 Å². The van der Waals surface area contributed by atoms with Crippen LogP contribution in [-0.2, 0) is 13.6 Å². The quantitative estimate of drug-likeness (QED) is 0.608. The van der Waals surface area contributed by atoms with Crippen molar-refractivity contribution in [1.82, 2.24) is 0 Å². The molecule has 1 heterocycles. The molecule has 0 saturated carbocycles. The summed E-state index contributed by atoms with van der Waals surface area (Å²) < 4.78 is 23.5. The van der Waals surface area contributed by atoms with Crippen molar-refractivity contribution in [2.45, 2.75) is 6.42 Å². The first-order valence-corrected chi connectivity index (χ1v) is 9.04. The zero-order chi connectivity index (χ0) is 9.86. The van der Waals surface area contributed by atoms with Crippen LogP contribution in [0.4, 0.5) is 0 Å². The van der Waals surface area contributed by atoms with Crippen LogP contribution in [0.5, 0.6) is 0 Å². The molecule has 3 nitrogen and oxygen atoms in total. The van der Waals surface area contributed by atoms with Gasteiger partial charge in [0.2, 0.25) is 0 Å². The van der Waals surface area contributed by atoms with Crippen LogP contribution in [0.25, 0.3) is 0 Å². The fraction of sp³-hybridized carbons (Fsp3) is 0.333. The molecule has 0 aliphatic carbocycles. The van der Waals surface area contributed by atoms with E-state index in [0.717, 1.165) is 10.9 Å². The van der Waals surface area contributed by atoms with Gasteiger partial charge in [0.15, 0.2) is 0 Å². The molecular formula is C9H11O3PSe. The summed E-state index contributed by atoms with van der Waals surface area (Å²) in [6.07, 6.45) is -1.93. The second-order valence-electron chi connectivity index (χ2n) is 2.87. The van der Waals surface area contributed by atoms with Crippen LogP contribution >= 0.6 is 6.29 Å². The van der Waals surface area contributed by atoms with Crippen molar-refractivity contribution in [2.75, 3.05) is 13.2 Å². The predicted octanol–water partition coefficient (Wildman–Crippen LogP) is 1.56. The van der Waals surface area contributed by atoms with E-state index < -0.39 is 6.29 Å². The summed E-state index contributed by atoms with van der Waals surface area (Å²) in [6.45, 7) is 1.12. The van der Waals surface area contributed by atoms with Crippen LogP contribution in [-0.4, -0.2) is 27.7 Å². The predicted molar refractivity (Wildman–Crippen MR) is 56.0 cm³/mol. The molecule has 0 bridgehead atoms. The molecule has 1 fully saturated rings. The molecule has 1 aromatic carbocycles. The van der Waals surface area contributed by atoms with E-state index in [1.54, 1.807) is 0 Å². The fourth-order valence-electron chi connectivity index (χ4n) is 1.11. The summed E-state index contributed by atoms with van der Waals surface area (Å²) in [5, 5.41) is 0. The fourth-order valence-corrected chi connectivity index (χ4v) is 6.70. The average Bonchev–Trinajstić information content (AvgIpc) is 2.19. The Balaban J connectivity index is 2.06. The van der Waals surface area contributed by atoms with Gasteiger partial charge in [0, 0.05) is 0 Å². The van der Waals surface area contributed by atoms with Gasteiger partial charge in [0.25, 0.3) is 0 Å². The van der Waals surface area contributed by atoms with Gasteiger partial charge in [-0.15, -0.1) is 0 Å². The van der Waals surface area contributed by atoms with Crippen molar-refractivity contribution in [3.05, 3.63) is 30.3 Å². The van der Waals surface area contributed by atoms with Crippen LogP contribution in [0.3, 0.4) is 0 Å². The van der Waals surface area contributed by atoms with E-state index in [1.807, 2.05) is 30.3 Å². The molecule has 5 heteroatoms. The van der Waals surface area contributed by atoms with Gasteiger partial charge in [0.1, 0.15) is 0 Å². The van der Waals surface area contributed by atoms with Crippen LogP contribution in [0.15, 0.2) is 30.3 Å². The third-order valence-corrected chi connectivity index (χ3v) is 7.81. The van der Waals surface area contributed by atoms with Gasteiger partial charge in [-0.3, -0.25) is 0 Å². The second kappa shape index (κ2) is 4.61. The molecule has 0 amide bonds. The summed E-state index contributed by atoms with van der Waals surface area (Å²) in [5.74, 6) is 0. The molecule has 0 N–H and O–H groups in total. The first-order valence-electron chi connectivity index (χ1n) is 4.42. The summed E-state index contributed by atoms with van der Waals surface area (Å²) in [4.78, 5) is 0. The van der Waals surface area contributed by atoms with Gasteiger partial charge in [-0.25, -0.2) is 0 Å². The minimum atomic E-state index is -2.77. The first-order chi connectivity index (χ1) is 6.79. The van der Waals surface area contributed by atoms with Crippen molar-refractivity contribution in [1.29, 1.82) is 0 Å². The third kappa shape index (κ3) is 2.69. The number of rotatable bonds is 2. The normalized spacial score (nSPS) is 20.6. The van der Waals surface area contributed by atoms with Crippen molar-refractivity contribution >= 4 is 25.3 Å². The number of hydrogen-bond donors (Lipinski definition) is 0. The Hall–Kier alpha value is -0.111. The molecule has 1 saturated heterocycles. The van der Waals surface area contributed by atoms with Gasteiger partial charge in [-0.05, 0) is 0 Å². The van der Waals surface area contributed by atoms with Gasteiger partial charge >= 0.3 is 88.8 Å². The topological polar surface area (TPSA) is 35.5 Å². The molecule has 0 spiro atoms. The van der Waals surface area contributed by atoms with E-state index in [2.05, 4.69) is 0 Å². The van der Waals surface area contributed by atoms with E-state index in [9.17, 15) is 4.57 Å². The Bertz CT molecular complexity index is 331. The Morgan fingerprint density at radius 2 is 1.79 bits per heavy atom. The molecule has 0 unspecified atom stereocenters. The standard InChI is InChI=1S/C9H11O3PSe/c10-13(11-7-4-8-12-13)14-9-5-2-1-3-6-9/h1-3,5-6H,4,7-8H2. The average molecular weight is 277 g/mol. The first kappa shape index (κ1) is 10.4. The summed E-state index contributed by atoms with van der Waals surface area (Å²) >= 11 is -0.214. The van der Waals surface area contributed by atoms with Crippen LogP contribution in [0, 0.1) is 0 Å². The van der Waals surface area contributed by atoms with Crippen molar-refractivity contribution < 1.29 is 13.6 Å². The summed E-state index contributed by atoms with van der Waals surface area (Å²) in [7, 11) is 0. The van der Waals surface area contributed by atoms with E-state index >= 15 is 0 Å². The summed E-state index contributed by atoms with van der Waals surface area (Å²) in [5.41, 5.74) is 0. The molecule has 14 heavy (non-hydrogen) atoms. The summed E-state index contributed by atoms with van der Waals surface area (Å²) in [6, 6.07) is 9.74. The molecule has 2 rings (SSSR count). The zero-order valence-corrected chi connectivity index (χ0v) is 10.2. The monoisotopic (exact) mass is 278 g/mol. The van der Waals surface area contributed by atoms with Crippen LogP contribution in [0.2, 0.25) is 0 Å². The van der Waals surface area contributed by atoms with E-state index in [0.29, 0.717) is 13.2 Å². The molecule has 76 valence electrons. The molecular weight excluding hydrogens is 266 g/mol. The van der Waals surface area contributed by atoms with Gasteiger partial charge in [-0.1, -0.05) is 0 Å². The number of hydrogen-bond acceptors (Lipinski definition) is 3. The van der Waals surface area contributed by atoms with Crippen LogP contribution < -0.4 is 4.46 Å². The van der Waals surface area contributed by atoms with Gasteiger partial charge in [-0.2, -0.15) is 0 Å². The maximum absolute atomic E-state index is 12.0. The van der Waals surface area contributed by atoms with Crippen molar-refractivity contribution in [2.24, 2.45) is 0 Å². The molecule has 0 atom stereocenters. The van der Waals surface area contributed by atoms with Gasteiger partial charge in [0.05, 0.1) is 0 Å². The Labute approximate surface area is 89.1 Å².